The van der Waals surface area contributed by atoms with Gasteiger partial charge < -0.3 is 4.79 Å². The van der Waals surface area contributed by atoms with Crippen molar-refractivity contribution >= 4 is 17.6 Å². The molecule has 0 bridgehead atoms. The highest BCUT2D eigenvalue weighted by molar-refractivity contribution is 7.16. The number of thiophene rings is 1. The number of hydrogen-bond acceptors (Lipinski definition) is 2. The fourth-order valence-corrected chi connectivity index (χ4v) is 2.23. The predicted molar refractivity (Wildman–Crippen MR) is 67.3 cm³/mol. The number of carbonyl (C=O) groups is 1. The van der Waals surface area contributed by atoms with E-state index in [4.69, 9.17) is 0 Å². The lowest BCUT2D eigenvalue weighted by Crippen LogP contribution is -1.68. The third-order valence-electron chi connectivity index (χ3n) is 2.06. The van der Waals surface area contributed by atoms with Gasteiger partial charge in [0.15, 0.2) is 0 Å². The van der Waals surface area contributed by atoms with Crippen molar-refractivity contribution in [2.75, 3.05) is 0 Å². The highest BCUT2D eigenvalue weighted by Crippen LogP contribution is 2.27. The molecule has 0 radical (unpaired) electrons. The molecule has 1 aromatic heterocycles. The SMILES string of the molecule is O=CCC#Cc1ccc(-c2ccccc2)s1. The van der Waals surface area contributed by atoms with Crippen LogP contribution in [0.4, 0.5) is 0 Å². The maximum absolute atomic E-state index is 10.1. The van der Waals surface area contributed by atoms with Crippen molar-refractivity contribution in [3.8, 4) is 22.3 Å². The van der Waals surface area contributed by atoms with Crippen molar-refractivity contribution in [3.05, 3.63) is 47.3 Å². The second-order valence-electron chi connectivity index (χ2n) is 3.20. The van der Waals surface area contributed by atoms with E-state index in [2.05, 4.69) is 30.0 Å². The highest BCUT2D eigenvalue weighted by Gasteiger charge is 1.99. The van der Waals surface area contributed by atoms with Gasteiger partial charge in [-0.05, 0) is 17.7 Å². The van der Waals surface area contributed by atoms with E-state index < -0.39 is 0 Å². The van der Waals surface area contributed by atoms with E-state index in [1.165, 1.54) is 10.4 Å². The monoisotopic (exact) mass is 226 g/mol. The molecular weight excluding hydrogens is 216 g/mol. The fraction of sp³-hybridized carbons (Fsp3) is 0.0714. The fourth-order valence-electron chi connectivity index (χ4n) is 1.34. The molecule has 0 saturated heterocycles. The number of carbonyl (C=O) groups excluding carboxylic acids is 1. The number of benzene rings is 1. The number of aldehydes is 1. The van der Waals surface area contributed by atoms with Crippen molar-refractivity contribution in [2.24, 2.45) is 0 Å². The average molecular weight is 226 g/mol. The Labute approximate surface area is 98.7 Å². The van der Waals surface area contributed by atoms with Gasteiger partial charge in [0.25, 0.3) is 0 Å². The van der Waals surface area contributed by atoms with Gasteiger partial charge in [-0.2, -0.15) is 0 Å². The molecule has 1 nitrogen and oxygen atoms in total. The highest BCUT2D eigenvalue weighted by atomic mass is 32.1. The van der Waals surface area contributed by atoms with E-state index in [1.807, 2.05) is 24.3 Å². The molecule has 0 unspecified atom stereocenters. The summed E-state index contributed by atoms with van der Waals surface area (Å²) < 4.78 is 0. The summed E-state index contributed by atoms with van der Waals surface area (Å²) in [5, 5.41) is 0. The van der Waals surface area contributed by atoms with Gasteiger partial charge in [0, 0.05) is 4.88 Å². The molecule has 16 heavy (non-hydrogen) atoms. The minimum Gasteiger partial charge on any atom is -0.302 e. The summed E-state index contributed by atoms with van der Waals surface area (Å²) in [5.74, 6) is 5.78. The van der Waals surface area contributed by atoms with Crippen LogP contribution in [0.5, 0.6) is 0 Å². The van der Waals surface area contributed by atoms with Crippen LogP contribution in [0.25, 0.3) is 10.4 Å². The van der Waals surface area contributed by atoms with Crippen molar-refractivity contribution in [1.82, 2.24) is 0 Å². The van der Waals surface area contributed by atoms with Gasteiger partial charge in [-0.25, -0.2) is 0 Å². The Morgan fingerprint density at radius 3 is 2.69 bits per heavy atom. The zero-order valence-electron chi connectivity index (χ0n) is 8.64. The summed E-state index contributed by atoms with van der Waals surface area (Å²) >= 11 is 1.65. The molecule has 0 N–H and O–H groups in total. The molecule has 0 fully saturated rings. The Morgan fingerprint density at radius 2 is 1.94 bits per heavy atom. The van der Waals surface area contributed by atoms with Crippen LogP contribution in [0.2, 0.25) is 0 Å². The number of hydrogen-bond donors (Lipinski definition) is 0. The zero-order chi connectivity index (χ0) is 11.2. The Balaban J connectivity index is 2.21. The van der Waals surface area contributed by atoms with Crippen molar-refractivity contribution in [3.63, 3.8) is 0 Å². The molecule has 0 amide bonds. The molecule has 2 aromatic rings. The van der Waals surface area contributed by atoms with Crippen molar-refractivity contribution in [2.45, 2.75) is 6.42 Å². The molecule has 1 aromatic carbocycles. The Kier molecular flexibility index (Phi) is 3.53. The summed E-state index contributed by atoms with van der Waals surface area (Å²) in [5.41, 5.74) is 1.20. The summed E-state index contributed by atoms with van der Waals surface area (Å²) in [6, 6.07) is 14.3. The largest absolute Gasteiger partial charge is 0.302 e. The van der Waals surface area contributed by atoms with Crippen LogP contribution in [-0.2, 0) is 4.79 Å². The third-order valence-corrected chi connectivity index (χ3v) is 3.11. The van der Waals surface area contributed by atoms with Crippen LogP contribution in [0.1, 0.15) is 11.3 Å². The van der Waals surface area contributed by atoms with E-state index in [0.717, 1.165) is 11.2 Å². The van der Waals surface area contributed by atoms with Gasteiger partial charge in [-0.3, -0.25) is 0 Å². The minimum atomic E-state index is 0.304. The molecule has 0 aliphatic carbocycles. The first kappa shape index (κ1) is 10.7. The quantitative estimate of drug-likeness (QED) is 0.567. The average Bonchev–Trinajstić information content (AvgIpc) is 2.79. The van der Waals surface area contributed by atoms with Crippen LogP contribution in [0.3, 0.4) is 0 Å². The van der Waals surface area contributed by atoms with Crippen LogP contribution in [-0.4, -0.2) is 6.29 Å². The van der Waals surface area contributed by atoms with Crippen molar-refractivity contribution in [1.29, 1.82) is 0 Å². The molecule has 0 atom stereocenters. The second kappa shape index (κ2) is 5.29. The summed E-state index contributed by atoms with van der Waals surface area (Å²) in [7, 11) is 0. The Hall–Kier alpha value is -1.85. The van der Waals surface area contributed by atoms with Gasteiger partial charge in [-0.1, -0.05) is 42.2 Å². The van der Waals surface area contributed by atoms with Crippen LogP contribution in [0, 0.1) is 11.8 Å². The number of rotatable bonds is 2. The normalized spacial score (nSPS) is 9.25. The van der Waals surface area contributed by atoms with E-state index >= 15 is 0 Å². The van der Waals surface area contributed by atoms with Crippen molar-refractivity contribution < 1.29 is 4.79 Å². The van der Waals surface area contributed by atoms with Gasteiger partial charge in [-0.15, -0.1) is 11.3 Å². The van der Waals surface area contributed by atoms with Gasteiger partial charge >= 0.3 is 0 Å². The topological polar surface area (TPSA) is 17.1 Å². The lowest BCUT2D eigenvalue weighted by Gasteiger charge is -1.93. The molecule has 0 spiro atoms. The summed E-state index contributed by atoms with van der Waals surface area (Å²) in [4.78, 5) is 12.3. The Bertz CT molecular complexity index is 529. The maximum Gasteiger partial charge on any atom is 0.131 e. The van der Waals surface area contributed by atoms with E-state index in [9.17, 15) is 4.79 Å². The molecular formula is C14H10OS. The smallest absolute Gasteiger partial charge is 0.131 e. The van der Waals surface area contributed by atoms with Gasteiger partial charge in [0.1, 0.15) is 6.29 Å². The lowest BCUT2D eigenvalue weighted by molar-refractivity contribution is -0.107. The first-order valence-electron chi connectivity index (χ1n) is 4.98. The Morgan fingerprint density at radius 1 is 1.12 bits per heavy atom. The predicted octanol–water partition coefficient (Wildman–Crippen LogP) is 3.36. The molecule has 1 heterocycles. The van der Waals surface area contributed by atoms with E-state index in [1.54, 1.807) is 11.3 Å². The molecule has 0 aliphatic heterocycles. The van der Waals surface area contributed by atoms with E-state index in [0.29, 0.717) is 6.42 Å². The first-order valence-corrected chi connectivity index (χ1v) is 5.79. The lowest BCUT2D eigenvalue weighted by atomic mass is 10.2. The summed E-state index contributed by atoms with van der Waals surface area (Å²) in [6.45, 7) is 0. The molecule has 2 heteroatoms. The maximum atomic E-state index is 10.1. The molecule has 0 aliphatic rings. The minimum absolute atomic E-state index is 0.304. The molecule has 2 rings (SSSR count). The van der Waals surface area contributed by atoms with Crippen LogP contribution < -0.4 is 0 Å². The van der Waals surface area contributed by atoms with Crippen LogP contribution >= 0.6 is 11.3 Å². The standard InChI is InChI=1S/C14H10OS/c15-11-5-4-8-13-9-10-14(16-13)12-6-2-1-3-7-12/h1-3,6-7,9-11H,5H2. The van der Waals surface area contributed by atoms with Gasteiger partial charge in [0.05, 0.1) is 11.3 Å². The summed E-state index contributed by atoms with van der Waals surface area (Å²) in [6.07, 6.45) is 1.12. The first-order chi connectivity index (χ1) is 7.90. The van der Waals surface area contributed by atoms with Crippen LogP contribution in [0.15, 0.2) is 42.5 Å². The van der Waals surface area contributed by atoms with Gasteiger partial charge in [0.2, 0.25) is 0 Å². The molecule has 78 valence electrons. The van der Waals surface area contributed by atoms with E-state index in [-0.39, 0.29) is 0 Å². The molecule has 0 saturated carbocycles. The zero-order valence-corrected chi connectivity index (χ0v) is 9.46. The second-order valence-corrected chi connectivity index (χ2v) is 4.29. The third kappa shape index (κ3) is 2.59.